The number of hydrogen-bond donors (Lipinski definition) is 1. The van der Waals surface area contributed by atoms with Crippen molar-refractivity contribution >= 4 is 11.7 Å². The van der Waals surface area contributed by atoms with Gasteiger partial charge in [0.2, 0.25) is 0 Å². The zero-order chi connectivity index (χ0) is 20.8. The molecule has 0 spiro atoms. The number of fused-ring (bicyclic) bond motifs is 1. The summed E-state index contributed by atoms with van der Waals surface area (Å²) < 4.78 is 10.8. The molecule has 2 aromatic rings. The number of aryl methyl sites for hydroxylation is 1. The van der Waals surface area contributed by atoms with Gasteiger partial charge in [-0.25, -0.2) is 4.79 Å². The summed E-state index contributed by atoms with van der Waals surface area (Å²) in [6.45, 7) is 7.82. The summed E-state index contributed by atoms with van der Waals surface area (Å²) in [6.07, 6.45) is 0.813. The van der Waals surface area contributed by atoms with Crippen LogP contribution in [-0.2, 0) is 13.0 Å². The molecule has 0 fully saturated rings. The molecule has 2 amide bonds. The molecule has 1 N–H and O–H groups in total. The van der Waals surface area contributed by atoms with Crippen LogP contribution in [0.2, 0.25) is 0 Å². The first-order valence-corrected chi connectivity index (χ1v) is 10.1. The van der Waals surface area contributed by atoms with Crippen molar-refractivity contribution in [2.45, 2.75) is 26.8 Å². The molecule has 2 aromatic carbocycles. The van der Waals surface area contributed by atoms with Crippen LogP contribution in [-0.4, -0.2) is 51.3 Å². The average molecular weight is 398 g/mol. The zero-order valence-electron chi connectivity index (χ0n) is 17.8. The molecule has 3 rings (SSSR count). The highest BCUT2D eigenvalue weighted by atomic mass is 16.5. The monoisotopic (exact) mass is 397 g/mol. The Hall–Kier alpha value is -2.89. The highest BCUT2D eigenvalue weighted by molar-refractivity contribution is 5.74. The Kier molecular flexibility index (Phi) is 6.86. The van der Waals surface area contributed by atoms with Crippen molar-refractivity contribution in [2.24, 2.45) is 0 Å². The van der Waals surface area contributed by atoms with E-state index in [0.29, 0.717) is 25.4 Å². The number of urea groups is 1. The third kappa shape index (κ3) is 4.75. The number of benzene rings is 2. The number of nitrogens with one attached hydrogen (secondary N) is 1. The molecular weight excluding hydrogens is 366 g/mol. The van der Waals surface area contributed by atoms with Gasteiger partial charge in [-0.05, 0) is 55.2 Å². The van der Waals surface area contributed by atoms with E-state index in [2.05, 4.69) is 42.3 Å². The summed E-state index contributed by atoms with van der Waals surface area (Å²) >= 11 is 0. The lowest BCUT2D eigenvalue weighted by Gasteiger charge is -2.30. The summed E-state index contributed by atoms with van der Waals surface area (Å²) in [5.41, 5.74) is 4.79. The molecule has 6 heteroatoms. The lowest BCUT2D eigenvalue weighted by atomic mass is 9.99. The standard InChI is InChI=1S/C23H31N3O3/c1-5-25(20-9-7-6-8-17(20)2)13-11-24-23(27)26-12-10-18-14-21(28-3)22(29-4)15-19(18)16-26/h6-9,14-15H,5,10-13,16H2,1-4H3,(H,24,27). The average Bonchev–Trinajstić information content (AvgIpc) is 2.75. The van der Waals surface area contributed by atoms with Gasteiger partial charge in [-0.2, -0.15) is 0 Å². The number of hydrogen-bond acceptors (Lipinski definition) is 4. The van der Waals surface area contributed by atoms with Crippen molar-refractivity contribution in [3.63, 3.8) is 0 Å². The number of methoxy groups -OCH3 is 2. The largest absolute Gasteiger partial charge is 0.493 e. The summed E-state index contributed by atoms with van der Waals surface area (Å²) in [5, 5.41) is 3.08. The van der Waals surface area contributed by atoms with Crippen LogP contribution in [0.4, 0.5) is 10.5 Å². The number of rotatable bonds is 7. The van der Waals surface area contributed by atoms with Crippen LogP contribution in [0.15, 0.2) is 36.4 Å². The fourth-order valence-electron chi connectivity index (χ4n) is 3.83. The summed E-state index contributed by atoms with van der Waals surface area (Å²) in [4.78, 5) is 16.8. The molecular formula is C23H31N3O3. The van der Waals surface area contributed by atoms with Gasteiger partial charge < -0.3 is 24.6 Å². The first kappa shape index (κ1) is 20.8. The topological polar surface area (TPSA) is 54.0 Å². The number of anilines is 1. The van der Waals surface area contributed by atoms with E-state index in [1.165, 1.54) is 16.8 Å². The first-order chi connectivity index (χ1) is 14.1. The minimum absolute atomic E-state index is 0.0220. The van der Waals surface area contributed by atoms with Gasteiger partial charge in [-0.3, -0.25) is 0 Å². The second-order valence-corrected chi connectivity index (χ2v) is 7.25. The van der Waals surface area contributed by atoms with Crippen LogP contribution in [0.3, 0.4) is 0 Å². The van der Waals surface area contributed by atoms with Crippen molar-refractivity contribution in [3.05, 3.63) is 53.1 Å². The van der Waals surface area contributed by atoms with Gasteiger partial charge in [0, 0.05) is 38.4 Å². The lowest BCUT2D eigenvalue weighted by molar-refractivity contribution is 0.192. The van der Waals surface area contributed by atoms with E-state index in [1.807, 2.05) is 23.1 Å². The third-order valence-corrected chi connectivity index (χ3v) is 5.50. The molecule has 6 nitrogen and oxygen atoms in total. The van der Waals surface area contributed by atoms with E-state index < -0.39 is 0 Å². The molecule has 1 heterocycles. The molecule has 0 aliphatic carbocycles. The Morgan fingerprint density at radius 2 is 1.83 bits per heavy atom. The summed E-state index contributed by atoms with van der Waals surface area (Å²) in [6, 6.07) is 12.3. The van der Waals surface area contributed by atoms with Gasteiger partial charge >= 0.3 is 6.03 Å². The molecule has 0 radical (unpaired) electrons. The minimum atomic E-state index is -0.0220. The van der Waals surface area contributed by atoms with E-state index in [0.717, 1.165) is 30.8 Å². The molecule has 29 heavy (non-hydrogen) atoms. The summed E-state index contributed by atoms with van der Waals surface area (Å²) in [5.74, 6) is 1.44. The number of likely N-dealkylation sites (N-methyl/N-ethyl adjacent to an activating group) is 1. The fourth-order valence-corrected chi connectivity index (χ4v) is 3.83. The molecule has 0 atom stereocenters. The Morgan fingerprint density at radius 3 is 2.48 bits per heavy atom. The second-order valence-electron chi connectivity index (χ2n) is 7.25. The van der Waals surface area contributed by atoms with E-state index in [9.17, 15) is 4.79 Å². The Balaban J connectivity index is 1.57. The highest BCUT2D eigenvalue weighted by Gasteiger charge is 2.22. The number of carbonyl (C=O) groups excluding carboxylic acids is 1. The second kappa shape index (κ2) is 9.54. The molecule has 1 aliphatic rings. The van der Waals surface area contributed by atoms with E-state index in [4.69, 9.17) is 9.47 Å². The smallest absolute Gasteiger partial charge is 0.317 e. The van der Waals surface area contributed by atoms with E-state index in [1.54, 1.807) is 14.2 Å². The van der Waals surface area contributed by atoms with E-state index in [-0.39, 0.29) is 6.03 Å². The number of ether oxygens (including phenoxy) is 2. The van der Waals surface area contributed by atoms with Gasteiger partial charge in [0.25, 0.3) is 0 Å². The Bertz CT molecular complexity index is 853. The molecule has 0 saturated carbocycles. The van der Waals surface area contributed by atoms with Crippen LogP contribution >= 0.6 is 0 Å². The number of nitrogens with zero attached hydrogens (tertiary/aromatic N) is 2. The van der Waals surface area contributed by atoms with Crippen LogP contribution < -0.4 is 19.7 Å². The lowest BCUT2D eigenvalue weighted by Crippen LogP contribution is -2.45. The van der Waals surface area contributed by atoms with E-state index >= 15 is 0 Å². The first-order valence-electron chi connectivity index (χ1n) is 10.1. The van der Waals surface area contributed by atoms with Crippen LogP contribution in [0.1, 0.15) is 23.6 Å². The number of amides is 2. The molecule has 1 aliphatic heterocycles. The third-order valence-electron chi connectivity index (χ3n) is 5.50. The van der Waals surface area contributed by atoms with Crippen molar-refractivity contribution < 1.29 is 14.3 Å². The highest BCUT2D eigenvalue weighted by Crippen LogP contribution is 2.33. The maximum Gasteiger partial charge on any atom is 0.317 e. The fraction of sp³-hybridized carbons (Fsp3) is 0.435. The predicted octanol–water partition coefficient (Wildman–Crippen LogP) is 3.61. The zero-order valence-corrected chi connectivity index (χ0v) is 17.8. The molecule has 0 bridgehead atoms. The number of para-hydroxylation sites is 1. The summed E-state index contributed by atoms with van der Waals surface area (Å²) in [7, 11) is 3.27. The molecule has 0 saturated heterocycles. The van der Waals surface area contributed by atoms with Crippen molar-refractivity contribution in [2.75, 3.05) is 45.3 Å². The van der Waals surface area contributed by atoms with Crippen LogP contribution in [0.5, 0.6) is 11.5 Å². The minimum Gasteiger partial charge on any atom is -0.493 e. The Morgan fingerprint density at radius 1 is 1.14 bits per heavy atom. The predicted molar refractivity (Wildman–Crippen MR) is 116 cm³/mol. The SMILES string of the molecule is CCN(CCNC(=O)N1CCc2cc(OC)c(OC)cc2C1)c1ccccc1C. The molecule has 0 unspecified atom stereocenters. The van der Waals surface area contributed by atoms with Crippen LogP contribution in [0.25, 0.3) is 0 Å². The van der Waals surface area contributed by atoms with Crippen LogP contribution in [0, 0.1) is 6.92 Å². The van der Waals surface area contributed by atoms with Gasteiger partial charge in [0.1, 0.15) is 0 Å². The van der Waals surface area contributed by atoms with Crippen molar-refractivity contribution in [1.29, 1.82) is 0 Å². The molecule has 156 valence electrons. The van der Waals surface area contributed by atoms with Crippen molar-refractivity contribution in [3.8, 4) is 11.5 Å². The van der Waals surface area contributed by atoms with Gasteiger partial charge in [-0.15, -0.1) is 0 Å². The van der Waals surface area contributed by atoms with Gasteiger partial charge in [-0.1, -0.05) is 18.2 Å². The maximum atomic E-state index is 12.7. The van der Waals surface area contributed by atoms with Crippen molar-refractivity contribution in [1.82, 2.24) is 10.2 Å². The van der Waals surface area contributed by atoms with Gasteiger partial charge in [0.15, 0.2) is 11.5 Å². The Labute approximate surface area is 173 Å². The molecule has 0 aromatic heterocycles. The maximum absolute atomic E-state index is 12.7. The van der Waals surface area contributed by atoms with Gasteiger partial charge in [0.05, 0.1) is 14.2 Å². The normalized spacial score (nSPS) is 12.9. The quantitative estimate of drug-likeness (QED) is 0.776. The number of carbonyl (C=O) groups is 1.